The number of fused-ring (bicyclic) bond motifs is 1. The minimum atomic E-state index is 0.482. The van der Waals surface area contributed by atoms with E-state index in [0.717, 1.165) is 36.6 Å². The molecule has 4 rings (SSSR count). The number of benzene rings is 1. The maximum atomic E-state index is 4.58. The molecule has 0 bridgehead atoms. The van der Waals surface area contributed by atoms with Crippen LogP contribution in [-0.2, 0) is 0 Å². The molecule has 0 atom stereocenters. The Hall–Kier alpha value is -1.98. The highest BCUT2D eigenvalue weighted by Crippen LogP contribution is 2.40. The highest BCUT2D eigenvalue weighted by Gasteiger charge is 2.19. The molecule has 0 saturated carbocycles. The maximum absolute atomic E-state index is 4.58. The molecule has 0 unspecified atom stereocenters. The van der Waals surface area contributed by atoms with Crippen molar-refractivity contribution in [1.82, 2.24) is 15.3 Å². The molecule has 1 aliphatic heterocycles. The minimum Gasteiger partial charge on any atom is -0.367 e. The van der Waals surface area contributed by atoms with Crippen LogP contribution in [0.5, 0.6) is 0 Å². The summed E-state index contributed by atoms with van der Waals surface area (Å²) in [5, 5.41) is 8.26. The van der Waals surface area contributed by atoms with Crippen molar-refractivity contribution in [3.8, 4) is 11.1 Å². The molecule has 3 aromatic rings. The molecule has 1 aromatic carbocycles. The maximum Gasteiger partial charge on any atom is 0.139 e. The Bertz CT molecular complexity index is 848. The highest BCUT2D eigenvalue weighted by molar-refractivity contribution is 7.19. The second-order valence-corrected chi connectivity index (χ2v) is 7.67. The number of aryl methyl sites for hydroxylation is 2. The van der Waals surface area contributed by atoms with Crippen molar-refractivity contribution in [2.75, 3.05) is 18.4 Å². The predicted molar refractivity (Wildman–Crippen MR) is 102 cm³/mol. The number of rotatable bonds is 3. The van der Waals surface area contributed by atoms with Gasteiger partial charge in [0.1, 0.15) is 17.0 Å². The summed E-state index contributed by atoms with van der Waals surface area (Å²) in [6.45, 7) is 6.43. The first kappa shape index (κ1) is 15.5. The van der Waals surface area contributed by atoms with Gasteiger partial charge in [-0.15, -0.1) is 11.3 Å². The van der Waals surface area contributed by atoms with Crippen LogP contribution in [0.15, 0.2) is 30.6 Å². The van der Waals surface area contributed by atoms with Gasteiger partial charge in [-0.1, -0.05) is 29.8 Å². The van der Waals surface area contributed by atoms with E-state index in [1.807, 2.05) is 0 Å². The Morgan fingerprint density at radius 3 is 2.58 bits per heavy atom. The van der Waals surface area contributed by atoms with Crippen LogP contribution in [0.2, 0.25) is 0 Å². The fourth-order valence-electron chi connectivity index (χ4n) is 3.38. The molecule has 0 aliphatic carbocycles. The van der Waals surface area contributed by atoms with Gasteiger partial charge in [0, 0.05) is 16.5 Å². The van der Waals surface area contributed by atoms with E-state index < -0.39 is 0 Å². The zero-order chi connectivity index (χ0) is 16.5. The highest BCUT2D eigenvalue weighted by atomic mass is 32.1. The van der Waals surface area contributed by atoms with Crippen LogP contribution < -0.4 is 10.6 Å². The van der Waals surface area contributed by atoms with Crippen molar-refractivity contribution in [3.05, 3.63) is 41.0 Å². The van der Waals surface area contributed by atoms with Gasteiger partial charge >= 0.3 is 0 Å². The quantitative estimate of drug-likeness (QED) is 0.753. The first-order chi connectivity index (χ1) is 11.7. The van der Waals surface area contributed by atoms with Crippen molar-refractivity contribution >= 4 is 27.4 Å². The lowest BCUT2D eigenvalue weighted by Crippen LogP contribution is -2.35. The summed E-state index contributed by atoms with van der Waals surface area (Å²) in [5.41, 5.74) is 3.79. The topological polar surface area (TPSA) is 49.8 Å². The molecule has 0 radical (unpaired) electrons. The fourth-order valence-corrected chi connectivity index (χ4v) is 4.39. The van der Waals surface area contributed by atoms with Gasteiger partial charge in [-0.05, 0) is 45.3 Å². The zero-order valence-electron chi connectivity index (χ0n) is 14.1. The van der Waals surface area contributed by atoms with Gasteiger partial charge in [0.15, 0.2) is 0 Å². The number of thiophene rings is 1. The first-order valence-corrected chi connectivity index (χ1v) is 9.32. The number of hydrogen-bond acceptors (Lipinski definition) is 5. The number of aromatic nitrogens is 2. The summed E-state index contributed by atoms with van der Waals surface area (Å²) in [5.74, 6) is 0.979. The Morgan fingerprint density at radius 1 is 1.08 bits per heavy atom. The first-order valence-electron chi connectivity index (χ1n) is 8.51. The molecule has 0 amide bonds. The Labute approximate surface area is 146 Å². The van der Waals surface area contributed by atoms with Crippen LogP contribution in [0.3, 0.4) is 0 Å². The third-order valence-electron chi connectivity index (χ3n) is 4.68. The summed E-state index contributed by atoms with van der Waals surface area (Å²) in [4.78, 5) is 11.5. The van der Waals surface area contributed by atoms with Crippen molar-refractivity contribution in [2.45, 2.75) is 32.7 Å². The largest absolute Gasteiger partial charge is 0.367 e. The van der Waals surface area contributed by atoms with E-state index in [1.54, 1.807) is 17.7 Å². The summed E-state index contributed by atoms with van der Waals surface area (Å²) in [7, 11) is 0. The van der Waals surface area contributed by atoms with E-state index >= 15 is 0 Å². The Kier molecular flexibility index (Phi) is 4.21. The average molecular weight is 338 g/mol. The monoisotopic (exact) mass is 338 g/mol. The van der Waals surface area contributed by atoms with Crippen LogP contribution in [0.25, 0.3) is 21.3 Å². The van der Waals surface area contributed by atoms with Crippen molar-refractivity contribution in [3.63, 3.8) is 0 Å². The molecule has 1 aliphatic rings. The van der Waals surface area contributed by atoms with Gasteiger partial charge in [-0.2, -0.15) is 0 Å². The van der Waals surface area contributed by atoms with Crippen molar-refractivity contribution in [1.29, 1.82) is 0 Å². The lowest BCUT2D eigenvalue weighted by Gasteiger charge is -2.24. The van der Waals surface area contributed by atoms with Gasteiger partial charge in [0.25, 0.3) is 0 Å². The third kappa shape index (κ3) is 2.89. The van der Waals surface area contributed by atoms with Gasteiger partial charge in [-0.3, -0.25) is 0 Å². The number of nitrogens with zero attached hydrogens (tertiary/aromatic N) is 2. The number of anilines is 1. The molecule has 5 heteroatoms. The summed E-state index contributed by atoms with van der Waals surface area (Å²) in [6.07, 6.45) is 3.95. The van der Waals surface area contributed by atoms with E-state index in [9.17, 15) is 0 Å². The minimum absolute atomic E-state index is 0.482. The second-order valence-electron chi connectivity index (χ2n) is 6.47. The van der Waals surface area contributed by atoms with Gasteiger partial charge < -0.3 is 10.6 Å². The summed E-state index contributed by atoms with van der Waals surface area (Å²) < 4.78 is 0. The molecule has 24 heavy (non-hydrogen) atoms. The average Bonchev–Trinajstić information content (AvgIpc) is 2.94. The molecule has 1 fully saturated rings. The fraction of sp³-hybridized carbons (Fsp3) is 0.368. The van der Waals surface area contributed by atoms with Crippen LogP contribution in [-0.4, -0.2) is 29.1 Å². The second kappa shape index (κ2) is 6.49. The van der Waals surface area contributed by atoms with E-state index in [4.69, 9.17) is 0 Å². The van der Waals surface area contributed by atoms with Gasteiger partial charge in [0.05, 0.1) is 5.39 Å². The molecule has 3 heterocycles. The SMILES string of the molecule is Cc1ccc(-c2c(C)sc3ncnc(NC4CCNCC4)c23)cc1. The van der Waals surface area contributed by atoms with Crippen LogP contribution in [0.4, 0.5) is 5.82 Å². The molecule has 1 saturated heterocycles. The summed E-state index contributed by atoms with van der Waals surface area (Å²) in [6, 6.07) is 9.22. The third-order valence-corrected chi connectivity index (χ3v) is 5.70. The number of hydrogen-bond donors (Lipinski definition) is 2. The van der Waals surface area contributed by atoms with Crippen LogP contribution >= 0.6 is 11.3 Å². The van der Waals surface area contributed by atoms with Crippen molar-refractivity contribution < 1.29 is 0 Å². The predicted octanol–water partition coefficient (Wildman–Crippen LogP) is 4.14. The molecule has 4 nitrogen and oxygen atoms in total. The molecular weight excluding hydrogens is 316 g/mol. The molecular formula is C19H22N4S. The molecule has 2 N–H and O–H groups in total. The smallest absolute Gasteiger partial charge is 0.139 e. The van der Waals surface area contributed by atoms with E-state index in [0.29, 0.717) is 6.04 Å². The van der Waals surface area contributed by atoms with Crippen molar-refractivity contribution in [2.24, 2.45) is 0 Å². The standard InChI is InChI=1S/C19H22N4S/c1-12-3-5-14(6-4-12)16-13(2)24-19-17(16)18(21-11-22-19)23-15-7-9-20-10-8-15/h3-6,11,15,20H,7-10H2,1-2H3,(H,21,22,23). The Balaban J connectivity index is 1.81. The van der Waals surface area contributed by atoms with E-state index in [-0.39, 0.29) is 0 Å². The molecule has 0 spiro atoms. The Morgan fingerprint density at radius 2 is 1.83 bits per heavy atom. The number of piperidine rings is 1. The number of nitrogens with one attached hydrogen (secondary N) is 2. The molecule has 124 valence electrons. The van der Waals surface area contributed by atoms with Gasteiger partial charge in [0.2, 0.25) is 0 Å². The van der Waals surface area contributed by atoms with Crippen LogP contribution in [0, 0.1) is 13.8 Å². The van der Waals surface area contributed by atoms with E-state index in [1.165, 1.54) is 27.0 Å². The zero-order valence-corrected chi connectivity index (χ0v) is 14.9. The normalized spacial score (nSPS) is 15.8. The van der Waals surface area contributed by atoms with E-state index in [2.05, 4.69) is 58.7 Å². The van der Waals surface area contributed by atoms with Crippen LogP contribution in [0.1, 0.15) is 23.3 Å². The lowest BCUT2D eigenvalue weighted by atomic mass is 10.0. The lowest BCUT2D eigenvalue weighted by molar-refractivity contribution is 0.478. The summed E-state index contributed by atoms with van der Waals surface area (Å²) >= 11 is 1.75. The van der Waals surface area contributed by atoms with Gasteiger partial charge in [-0.25, -0.2) is 9.97 Å². The molecule has 2 aromatic heterocycles.